The summed E-state index contributed by atoms with van der Waals surface area (Å²) in [4.78, 5) is 21.0. The molecule has 3 rings (SSSR count). The van der Waals surface area contributed by atoms with Gasteiger partial charge >= 0.3 is 0 Å². The highest BCUT2D eigenvalue weighted by Crippen LogP contribution is 2.20. The summed E-state index contributed by atoms with van der Waals surface area (Å²) in [7, 11) is 3.43. The van der Waals surface area contributed by atoms with Crippen LogP contribution in [0.1, 0.15) is 5.56 Å². The summed E-state index contributed by atoms with van der Waals surface area (Å²) in [5.41, 5.74) is 1.85. The number of hydrogen-bond acceptors (Lipinski definition) is 4. The molecule has 1 aliphatic rings. The fourth-order valence-corrected chi connectivity index (χ4v) is 3.57. The molecule has 0 saturated carbocycles. The number of nitrogens with one attached hydrogen (secondary N) is 2. The van der Waals surface area contributed by atoms with Gasteiger partial charge in [-0.3, -0.25) is 9.79 Å². The highest BCUT2D eigenvalue weighted by atomic mass is 127. The summed E-state index contributed by atoms with van der Waals surface area (Å²) in [6.07, 6.45) is 0.166. The van der Waals surface area contributed by atoms with Crippen LogP contribution in [0.5, 0.6) is 5.75 Å². The van der Waals surface area contributed by atoms with Crippen molar-refractivity contribution in [1.82, 2.24) is 15.5 Å². The minimum Gasteiger partial charge on any atom is -0.497 e. The van der Waals surface area contributed by atoms with Gasteiger partial charge in [-0.2, -0.15) is 0 Å². The Hall–Kier alpha value is -2.56. The topological polar surface area (TPSA) is 69.2 Å². The van der Waals surface area contributed by atoms with Crippen LogP contribution < -0.4 is 20.3 Å². The quantitative estimate of drug-likeness (QED) is 0.238. The van der Waals surface area contributed by atoms with Crippen LogP contribution >= 0.6 is 24.0 Å². The van der Waals surface area contributed by atoms with E-state index >= 15 is 0 Å². The molecule has 2 aromatic carbocycles. The molecule has 0 unspecified atom stereocenters. The van der Waals surface area contributed by atoms with Crippen molar-refractivity contribution in [2.45, 2.75) is 6.42 Å². The number of carbonyl (C=O) groups is 1. The lowest BCUT2D eigenvalue weighted by Gasteiger charge is -2.37. The average Bonchev–Trinajstić information content (AvgIpc) is 2.79. The fraction of sp³-hybridized carbons (Fsp3) is 0.391. The summed E-state index contributed by atoms with van der Waals surface area (Å²) < 4.78 is 18.4. The molecule has 0 spiro atoms. The molecule has 1 aliphatic heterocycles. The predicted molar refractivity (Wildman–Crippen MR) is 137 cm³/mol. The second-order valence-electron chi connectivity index (χ2n) is 7.30. The van der Waals surface area contributed by atoms with E-state index in [4.69, 9.17) is 4.74 Å². The largest absolute Gasteiger partial charge is 0.497 e. The van der Waals surface area contributed by atoms with Gasteiger partial charge in [0.05, 0.1) is 13.5 Å². The minimum absolute atomic E-state index is 0. The fourth-order valence-electron chi connectivity index (χ4n) is 3.57. The molecule has 0 aromatic heterocycles. The normalized spacial score (nSPS) is 13.9. The Labute approximate surface area is 206 Å². The molecule has 0 aliphatic carbocycles. The molecule has 174 valence electrons. The number of methoxy groups -OCH3 is 1. The van der Waals surface area contributed by atoms with E-state index in [2.05, 4.69) is 37.6 Å². The number of amides is 1. The van der Waals surface area contributed by atoms with E-state index in [1.54, 1.807) is 26.3 Å². The lowest BCUT2D eigenvalue weighted by atomic mass is 10.1. The van der Waals surface area contributed by atoms with Gasteiger partial charge in [-0.05, 0) is 42.0 Å². The molecule has 2 aromatic rings. The lowest BCUT2D eigenvalue weighted by molar-refractivity contribution is -0.120. The van der Waals surface area contributed by atoms with Crippen molar-refractivity contribution in [2.75, 3.05) is 58.3 Å². The second kappa shape index (κ2) is 13.1. The van der Waals surface area contributed by atoms with Crippen molar-refractivity contribution in [3.05, 3.63) is 59.9 Å². The van der Waals surface area contributed by atoms with Crippen LogP contribution in [-0.4, -0.2) is 70.2 Å². The van der Waals surface area contributed by atoms with Crippen molar-refractivity contribution in [1.29, 1.82) is 0 Å². The standard InChI is InChI=1S/C23H30FN5O2.HI/c1-25-23(27-11-10-26-22(30)17-18-4-3-5-19(24)16-18)29-14-12-28(13-15-29)20-6-8-21(31-2)9-7-20;/h3-9,16H,10-15,17H2,1-2H3,(H,25,27)(H,26,30);1H. The lowest BCUT2D eigenvalue weighted by Crippen LogP contribution is -2.53. The van der Waals surface area contributed by atoms with Crippen molar-refractivity contribution in [2.24, 2.45) is 4.99 Å². The van der Waals surface area contributed by atoms with Gasteiger partial charge in [0.1, 0.15) is 11.6 Å². The predicted octanol–water partition coefficient (Wildman–Crippen LogP) is 2.51. The van der Waals surface area contributed by atoms with Crippen molar-refractivity contribution >= 4 is 41.5 Å². The van der Waals surface area contributed by atoms with Crippen molar-refractivity contribution in [3.63, 3.8) is 0 Å². The summed E-state index contributed by atoms with van der Waals surface area (Å²) >= 11 is 0. The van der Waals surface area contributed by atoms with Gasteiger partial charge in [-0.25, -0.2) is 4.39 Å². The monoisotopic (exact) mass is 555 g/mol. The van der Waals surface area contributed by atoms with Gasteiger partial charge in [0.2, 0.25) is 5.91 Å². The van der Waals surface area contributed by atoms with Crippen molar-refractivity contribution < 1.29 is 13.9 Å². The van der Waals surface area contributed by atoms with Crippen molar-refractivity contribution in [3.8, 4) is 5.75 Å². The number of halogens is 2. The number of carbonyl (C=O) groups excluding carboxylic acids is 1. The zero-order valence-electron chi connectivity index (χ0n) is 18.5. The number of rotatable bonds is 7. The summed E-state index contributed by atoms with van der Waals surface area (Å²) in [6, 6.07) is 14.2. The second-order valence-corrected chi connectivity index (χ2v) is 7.30. The maximum Gasteiger partial charge on any atom is 0.224 e. The van der Waals surface area contributed by atoms with E-state index in [1.165, 1.54) is 17.8 Å². The summed E-state index contributed by atoms with van der Waals surface area (Å²) in [6.45, 7) is 4.56. The van der Waals surface area contributed by atoms with Gasteiger partial charge in [0, 0.05) is 52.0 Å². The molecule has 0 atom stereocenters. The first-order valence-electron chi connectivity index (χ1n) is 10.4. The van der Waals surface area contributed by atoms with E-state index in [1.807, 2.05) is 12.1 Å². The van der Waals surface area contributed by atoms with Crippen LogP contribution in [0.25, 0.3) is 0 Å². The van der Waals surface area contributed by atoms with E-state index in [-0.39, 0.29) is 42.1 Å². The molecule has 7 nitrogen and oxygen atoms in total. The Morgan fingerprint density at radius 1 is 1.06 bits per heavy atom. The Morgan fingerprint density at radius 3 is 2.38 bits per heavy atom. The van der Waals surface area contributed by atoms with Crippen LogP contribution in [0.15, 0.2) is 53.5 Å². The zero-order chi connectivity index (χ0) is 22.1. The molecule has 1 amide bonds. The molecule has 0 bridgehead atoms. The maximum absolute atomic E-state index is 13.2. The first-order valence-corrected chi connectivity index (χ1v) is 10.4. The number of benzene rings is 2. The molecular weight excluding hydrogens is 524 g/mol. The van der Waals surface area contributed by atoms with Gasteiger partial charge < -0.3 is 25.2 Å². The summed E-state index contributed by atoms with van der Waals surface area (Å²) in [5, 5.41) is 6.16. The third-order valence-electron chi connectivity index (χ3n) is 5.21. The highest BCUT2D eigenvalue weighted by molar-refractivity contribution is 14.0. The number of nitrogens with zero attached hydrogens (tertiary/aromatic N) is 3. The number of piperazine rings is 1. The van der Waals surface area contributed by atoms with Gasteiger partial charge in [-0.15, -0.1) is 24.0 Å². The molecule has 32 heavy (non-hydrogen) atoms. The van der Waals surface area contributed by atoms with Crippen LogP contribution in [0, 0.1) is 5.82 Å². The zero-order valence-corrected chi connectivity index (χ0v) is 20.8. The smallest absolute Gasteiger partial charge is 0.224 e. The Balaban J connectivity index is 0.00000363. The maximum atomic E-state index is 13.2. The first-order chi connectivity index (χ1) is 15.1. The molecule has 0 radical (unpaired) electrons. The van der Waals surface area contributed by atoms with Gasteiger partial charge in [-0.1, -0.05) is 12.1 Å². The van der Waals surface area contributed by atoms with Crippen LogP contribution in [-0.2, 0) is 11.2 Å². The summed E-state index contributed by atoms with van der Waals surface area (Å²) in [5.74, 6) is 1.22. The van der Waals surface area contributed by atoms with E-state index in [0.29, 0.717) is 18.7 Å². The van der Waals surface area contributed by atoms with E-state index in [0.717, 1.165) is 37.9 Å². The van der Waals surface area contributed by atoms with Crippen LogP contribution in [0.2, 0.25) is 0 Å². The third kappa shape index (κ3) is 7.54. The number of aliphatic imine (C=N–C) groups is 1. The number of hydrogen-bond donors (Lipinski definition) is 2. The minimum atomic E-state index is -0.331. The molecule has 1 heterocycles. The van der Waals surface area contributed by atoms with Crippen LogP contribution in [0.4, 0.5) is 10.1 Å². The van der Waals surface area contributed by atoms with Crippen LogP contribution in [0.3, 0.4) is 0 Å². The molecular formula is C23H31FIN5O2. The number of anilines is 1. The molecule has 1 fully saturated rings. The Kier molecular flexibility index (Phi) is 10.5. The SMILES string of the molecule is CN=C(NCCNC(=O)Cc1cccc(F)c1)N1CCN(c2ccc(OC)cc2)CC1.I. The third-order valence-corrected chi connectivity index (χ3v) is 5.21. The van der Waals surface area contributed by atoms with E-state index in [9.17, 15) is 9.18 Å². The molecule has 2 N–H and O–H groups in total. The first kappa shape index (κ1) is 25.7. The Bertz CT molecular complexity index is 886. The highest BCUT2D eigenvalue weighted by Gasteiger charge is 2.19. The molecule has 1 saturated heterocycles. The number of guanidine groups is 1. The Morgan fingerprint density at radius 2 is 1.75 bits per heavy atom. The number of ether oxygens (including phenoxy) is 1. The van der Waals surface area contributed by atoms with Gasteiger partial charge in [0.15, 0.2) is 5.96 Å². The molecule has 9 heteroatoms. The van der Waals surface area contributed by atoms with E-state index < -0.39 is 0 Å². The average molecular weight is 555 g/mol. The van der Waals surface area contributed by atoms with Gasteiger partial charge in [0.25, 0.3) is 0 Å².